The Hall–Kier alpha value is -1.75. The van der Waals surface area contributed by atoms with Crippen molar-refractivity contribution in [3.8, 4) is 5.75 Å². The minimum atomic E-state index is 0.0467. The van der Waals surface area contributed by atoms with E-state index in [0.29, 0.717) is 6.61 Å². The summed E-state index contributed by atoms with van der Waals surface area (Å²) in [7, 11) is 0. The number of hydrogen-bond donors (Lipinski definition) is 1. The Bertz CT molecular complexity index is 623. The largest absolute Gasteiger partial charge is 0.494 e. The first-order valence-electron chi connectivity index (χ1n) is 11.0. The number of rotatable bonds is 6. The van der Waals surface area contributed by atoms with E-state index in [1.165, 1.54) is 18.4 Å². The molecule has 28 heavy (non-hydrogen) atoms. The fourth-order valence-corrected chi connectivity index (χ4v) is 4.41. The molecule has 5 heteroatoms. The first-order chi connectivity index (χ1) is 13.7. The summed E-state index contributed by atoms with van der Waals surface area (Å²) < 4.78 is 11.3. The van der Waals surface area contributed by atoms with Crippen LogP contribution in [-0.2, 0) is 10.2 Å². The van der Waals surface area contributed by atoms with Gasteiger partial charge in [-0.3, -0.25) is 4.99 Å². The van der Waals surface area contributed by atoms with Gasteiger partial charge in [-0.2, -0.15) is 0 Å². The van der Waals surface area contributed by atoms with E-state index < -0.39 is 0 Å². The van der Waals surface area contributed by atoms with Gasteiger partial charge in [0.2, 0.25) is 0 Å². The van der Waals surface area contributed by atoms with Gasteiger partial charge in [0.05, 0.1) is 13.2 Å². The minimum Gasteiger partial charge on any atom is -0.494 e. The molecule has 0 bridgehead atoms. The maximum Gasteiger partial charge on any atom is 0.193 e. The van der Waals surface area contributed by atoms with Crippen LogP contribution in [0.5, 0.6) is 5.75 Å². The highest BCUT2D eigenvalue weighted by atomic mass is 16.5. The van der Waals surface area contributed by atoms with Gasteiger partial charge in [0, 0.05) is 38.3 Å². The van der Waals surface area contributed by atoms with Crippen LogP contribution < -0.4 is 10.1 Å². The Morgan fingerprint density at radius 2 is 2.00 bits per heavy atom. The Kier molecular flexibility index (Phi) is 7.60. The molecule has 3 rings (SSSR count). The zero-order chi connectivity index (χ0) is 19.8. The molecule has 1 aromatic carbocycles. The third kappa shape index (κ3) is 5.19. The number of piperidine rings is 1. The van der Waals surface area contributed by atoms with Gasteiger partial charge in [-0.05, 0) is 63.1 Å². The van der Waals surface area contributed by atoms with E-state index in [1.54, 1.807) is 0 Å². The molecule has 0 saturated carbocycles. The van der Waals surface area contributed by atoms with E-state index in [9.17, 15) is 0 Å². The van der Waals surface area contributed by atoms with Crippen LogP contribution in [0.15, 0.2) is 29.3 Å². The van der Waals surface area contributed by atoms with Crippen molar-refractivity contribution in [2.45, 2.75) is 51.9 Å². The van der Waals surface area contributed by atoms with Crippen molar-refractivity contribution in [2.75, 3.05) is 46.0 Å². The van der Waals surface area contributed by atoms with Crippen LogP contribution >= 0.6 is 0 Å². The second kappa shape index (κ2) is 10.1. The van der Waals surface area contributed by atoms with E-state index >= 15 is 0 Å². The third-order valence-corrected chi connectivity index (χ3v) is 6.05. The molecule has 1 unspecified atom stereocenters. The van der Waals surface area contributed by atoms with Gasteiger partial charge in [-0.1, -0.05) is 19.1 Å². The topological polar surface area (TPSA) is 46.1 Å². The average molecular weight is 388 g/mol. The van der Waals surface area contributed by atoms with Crippen molar-refractivity contribution < 1.29 is 9.47 Å². The first-order valence-corrected chi connectivity index (χ1v) is 11.0. The molecule has 2 aliphatic rings. The van der Waals surface area contributed by atoms with Crippen molar-refractivity contribution >= 4 is 5.96 Å². The monoisotopic (exact) mass is 387 g/mol. The normalized spacial score (nSPS) is 22.8. The van der Waals surface area contributed by atoms with Gasteiger partial charge in [0.15, 0.2) is 5.96 Å². The van der Waals surface area contributed by atoms with E-state index in [-0.39, 0.29) is 5.41 Å². The zero-order valence-electron chi connectivity index (χ0n) is 17.9. The minimum absolute atomic E-state index is 0.0467. The molecular formula is C23H37N3O2. The molecule has 5 nitrogen and oxygen atoms in total. The summed E-state index contributed by atoms with van der Waals surface area (Å²) >= 11 is 0. The van der Waals surface area contributed by atoms with Crippen LogP contribution in [0.25, 0.3) is 0 Å². The van der Waals surface area contributed by atoms with Crippen LogP contribution in [0.2, 0.25) is 0 Å². The standard InChI is InChI=1S/C23H37N3O2/c1-4-24-22(26-14-6-7-19(3)17-26)25-18-23(12-15-27-16-13-23)20-8-10-21(11-9-20)28-5-2/h8-11,19H,4-7,12-18H2,1-3H3,(H,24,25). The molecule has 0 amide bonds. The Balaban J connectivity index is 1.81. The molecule has 0 radical (unpaired) electrons. The third-order valence-electron chi connectivity index (χ3n) is 6.05. The second-order valence-electron chi connectivity index (χ2n) is 8.21. The fourth-order valence-electron chi connectivity index (χ4n) is 4.41. The second-order valence-corrected chi connectivity index (χ2v) is 8.21. The molecule has 2 saturated heterocycles. The number of guanidine groups is 1. The molecule has 1 aromatic rings. The predicted molar refractivity (Wildman–Crippen MR) is 115 cm³/mol. The summed E-state index contributed by atoms with van der Waals surface area (Å²) in [5.41, 5.74) is 1.40. The first kappa shape index (κ1) is 21.0. The Labute approximate surface area is 170 Å². The summed E-state index contributed by atoms with van der Waals surface area (Å²) in [5.74, 6) is 2.75. The van der Waals surface area contributed by atoms with Crippen LogP contribution in [0, 0.1) is 5.92 Å². The van der Waals surface area contributed by atoms with Crippen molar-refractivity contribution in [3.05, 3.63) is 29.8 Å². The van der Waals surface area contributed by atoms with Crippen molar-refractivity contribution in [1.29, 1.82) is 0 Å². The molecule has 156 valence electrons. The lowest BCUT2D eigenvalue weighted by molar-refractivity contribution is 0.0529. The van der Waals surface area contributed by atoms with Crippen LogP contribution in [0.4, 0.5) is 0 Å². The Morgan fingerprint density at radius 1 is 1.25 bits per heavy atom. The van der Waals surface area contributed by atoms with E-state index in [2.05, 4.69) is 48.3 Å². The molecule has 1 N–H and O–H groups in total. The lowest BCUT2D eigenvalue weighted by Gasteiger charge is -2.38. The zero-order valence-corrected chi connectivity index (χ0v) is 17.9. The maximum atomic E-state index is 5.69. The number of aliphatic imine (C=N–C) groups is 1. The molecule has 2 aliphatic heterocycles. The van der Waals surface area contributed by atoms with Gasteiger partial charge >= 0.3 is 0 Å². The number of nitrogens with zero attached hydrogens (tertiary/aromatic N) is 2. The number of likely N-dealkylation sites (tertiary alicyclic amines) is 1. The smallest absolute Gasteiger partial charge is 0.193 e. The number of ether oxygens (including phenoxy) is 2. The average Bonchev–Trinajstić information content (AvgIpc) is 2.72. The van der Waals surface area contributed by atoms with Crippen LogP contribution in [-0.4, -0.2) is 56.9 Å². The van der Waals surface area contributed by atoms with E-state index in [0.717, 1.165) is 69.9 Å². The summed E-state index contributed by atoms with van der Waals surface area (Å²) in [6.07, 6.45) is 4.60. The number of hydrogen-bond acceptors (Lipinski definition) is 3. The van der Waals surface area contributed by atoms with Crippen LogP contribution in [0.3, 0.4) is 0 Å². The molecule has 1 atom stereocenters. The van der Waals surface area contributed by atoms with Crippen LogP contribution in [0.1, 0.15) is 52.0 Å². The van der Waals surface area contributed by atoms with Crippen molar-refractivity contribution in [3.63, 3.8) is 0 Å². The highest BCUT2D eigenvalue weighted by Gasteiger charge is 2.35. The fraction of sp³-hybridized carbons (Fsp3) is 0.696. The van der Waals surface area contributed by atoms with Gasteiger partial charge in [0.25, 0.3) is 0 Å². The van der Waals surface area contributed by atoms with Gasteiger partial charge < -0.3 is 19.7 Å². The highest BCUT2D eigenvalue weighted by Crippen LogP contribution is 2.36. The SMILES string of the molecule is CCNC(=NCC1(c2ccc(OCC)cc2)CCOCC1)N1CCCC(C)C1. The lowest BCUT2D eigenvalue weighted by atomic mass is 9.74. The lowest BCUT2D eigenvalue weighted by Crippen LogP contribution is -2.47. The quantitative estimate of drug-likeness (QED) is 0.595. The van der Waals surface area contributed by atoms with Gasteiger partial charge in [-0.25, -0.2) is 0 Å². The van der Waals surface area contributed by atoms with E-state index in [1.807, 2.05) is 6.92 Å². The molecular weight excluding hydrogens is 350 g/mol. The summed E-state index contributed by atoms with van der Waals surface area (Å²) in [6, 6.07) is 8.64. The number of nitrogens with one attached hydrogen (secondary N) is 1. The Morgan fingerprint density at radius 3 is 2.64 bits per heavy atom. The molecule has 2 heterocycles. The maximum absolute atomic E-state index is 5.69. The van der Waals surface area contributed by atoms with Gasteiger partial charge in [-0.15, -0.1) is 0 Å². The summed E-state index contributed by atoms with van der Waals surface area (Å²) in [5, 5.41) is 3.53. The molecule has 0 aliphatic carbocycles. The van der Waals surface area contributed by atoms with Crippen molar-refractivity contribution in [1.82, 2.24) is 10.2 Å². The molecule has 2 fully saturated rings. The summed E-state index contributed by atoms with van der Waals surface area (Å²) in [6.45, 7) is 12.7. The van der Waals surface area contributed by atoms with E-state index in [4.69, 9.17) is 14.5 Å². The molecule has 0 aromatic heterocycles. The van der Waals surface area contributed by atoms with Crippen molar-refractivity contribution in [2.24, 2.45) is 10.9 Å². The highest BCUT2D eigenvalue weighted by molar-refractivity contribution is 5.80. The predicted octanol–water partition coefficient (Wildman–Crippen LogP) is 3.83. The summed E-state index contributed by atoms with van der Waals surface area (Å²) in [4.78, 5) is 7.59. The van der Waals surface area contributed by atoms with Gasteiger partial charge in [0.1, 0.15) is 5.75 Å². The molecule has 0 spiro atoms. The number of benzene rings is 1.